The molecular formula is C19H16ClNO4. The second kappa shape index (κ2) is 6.69. The van der Waals surface area contributed by atoms with Crippen LogP contribution in [0.3, 0.4) is 0 Å². The number of rotatable bonds is 5. The Hall–Kier alpha value is -2.66. The molecule has 0 N–H and O–H groups in total. The number of ether oxygens (including phenoxy) is 1. The zero-order valence-corrected chi connectivity index (χ0v) is 14.1. The molecule has 1 aromatic carbocycles. The van der Waals surface area contributed by atoms with Gasteiger partial charge in [-0.25, -0.2) is 0 Å². The lowest BCUT2D eigenvalue weighted by Crippen LogP contribution is -2.40. The first-order chi connectivity index (χ1) is 12.2. The maximum absolute atomic E-state index is 13.0. The summed E-state index contributed by atoms with van der Waals surface area (Å²) in [4.78, 5) is 14.7. The van der Waals surface area contributed by atoms with Gasteiger partial charge in [-0.15, -0.1) is 0 Å². The molecule has 5 nitrogen and oxygen atoms in total. The number of benzene rings is 1. The van der Waals surface area contributed by atoms with E-state index >= 15 is 0 Å². The average Bonchev–Trinajstić information content (AvgIpc) is 3.34. The smallest absolute Gasteiger partial charge is 0.264 e. The van der Waals surface area contributed by atoms with E-state index in [1.807, 2.05) is 18.2 Å². The van der Waals surface area contributed by atoms with Crippen LogP contribution in [-0.2, 0) is 24.3 Å². The van der Waals surface area contributed by atoms with Crippen LogP contribution in [0.15, 0.2) is 63.8 Å². The highest BCUT2D eigenvalue weighted by molar-refractivity contribution is 6.30. The standard InChI is InChI=1S/C19H16ClNO4/c20-14-5-6-17-13(9-14)10-18(25-17)19(22)21(11-15-3-1-7-23-15)12-16-4-2-8-24-16/h1-9,18H,10-12H2. The Morgan fingerprint density at radius 1 is 1.08 bits per heavy atom. The van der Waals surface area contributed by atoms with Gasteiger partial charge in [0.1, 0.15) is 17.3 Å². The minimum absolute atomic E-state index is 0.111. The zero-order chi connectivity index (χ0) is 17.2. The number of nitrogens with zero attached hydrogens (tertiary/aromatic N) is 1. The van der Waals surface area contributed by atoms with Crippen LogP contribution < -0.4 is 4.74 Å². The normalized spacial score (nSPS) is 15.6. The number of furan rings is 2. The lowest BCUT2D eigenvalue weighted by atomic mass is 10.1. The molecule has 1 unspecified atom stereocenters. The second-order valence-electron chi connectivity index (χ2n) is 5.92. The summed E-state index contributed by atoms with van der Waals surface area (Å²) in [5.74, 6) is 2.01. The van der Waals surface area contributed by atoms with E-state index in [9.17, 15) is 4.79 Å². The molecule has 0 saturated heterocycles. The van der Waals surface area contributed by atoms with Crippen LogP contribution in [0.1, 0.15) is 17.1 Å². The molecule has 128 valence electrons. The number of hydrogen-bond acceptors (Lipinski definition) is 4. The van der Waals surface area contributed by atoms with Crippen LogP contribution in [0.25, 0.3) is 0 Å². The fourth-order valence-electron chi connectivity index (χ4n) is 2.95. The summed E-state index contributed by atoms with van der Waals surface area (Å²) in [6.45, 7) is 0.701. The van der Waals surface area contributed by atoms with Crippen molar-refractivity contribution in [1.29, 1.82) is 0 Å². The fraction of sp³-hybridized carbons (Fsp3) is 0.211. The van der Waals surface area contributed by atoms with Crippen molar-refractivity contribution in [2.24, 2.45) is 0 Å². The van der Waals surface area contributed by atoms with E-state index in [1.165, 1.54) is 0 Å². The minimum atomic E-state index is -0.571. The van der Waals surface area contributed by atoms with Gasteiger partial charge in [0, 0.05) is 11.4 Å². The van der Waals surface area contributed by atoms with Gasteiger partial charge in [0.2, 0.25) is 0 Å². The zero-order valence-electron chi connectivity index (χ0n) is 13.4. The van der Waals surface area contributed by atoms with E-state index in [0.717, 1.165) is 5.56 Å². The van der Waals surface area contributed by atoms with E-state index in [-0.39, 0.29) is 5.91 Å². The molecule has 1 aliphatic rings. The average molecular weight is 358 g/mol. The van der Waals surface area contributed by atoms with E-state index < -0.39 is 6.10 Å². The molecule has 25 heavy (non-hydrogen) atoms. The number of halogens is 1. The van der Waals surface area contributed by atoms with Crippen LogP contribution in [0.2, 0.25) is 5.02 Å². The van der Waals surface area contributed by atoms with E-state index in [0.29, 0.717) is 41.8 Å². The molecule has 3 aromatic rings. The fourth-order valence-corrected chi connectivity index (χ4v) is 3.15. The molecule has 0 fully saturated rings. The van der Waals surface area contributed by atoms with Gasteiger partial charge in [0.15, 0.2) is 6.10 Å². The van der Waals surface area contributed by atoms with Crippen LogP contribution in [0, 0.1) is 0 Å². The topological polar surface area (TPSA) is 55.8 Å². The Morgan fingerprint density at radius 3 is 2.36 bits per heavy atom. The largest absolute Gasteiger partial charge is 0.480 e. The summed E-state index contributed by atoms with van der Waals surface area (Å²) in [6.07, 6.45) is 3.11. The van der Waals surface area contributed by atoms with Gasteiger partial charge in [-0.2, -0.15) is 0 Å². The quantitative estimate of drug-likeness (QED) is 0.691. The molecule has 0 aliphatic carbocycles. The first kappa shape index (κ1) is 15.8. The van der Waals surface area contributed by atoms with Gasteiger partial charge in [-0.3, -0.25) is 4.79 Å². The molecule has 2 aromatic heterocycles. The third-order valence-corrected chi connectivity index (χ3v) is 4.37. The van der Waals surface area contributed by atoms with Gasteiger partial charge in [0.05, 0.1) is 25.6 Å². The maximum atomic E-state index is 13.0. The SMILES string of the molecule is O=C(C1Cc2cc(Cl)ccc2O1)N(Cc1ccco1)Cc1ccco1. The highest BCUT2D eigenvalue weighted by Gasteiger charge is 2.33. The molecule has 3 heterocycles. The van der Waals surface area contributed by atoms with Crippen LogP contribution in [0.4, 0.5) is 0 Å². The van der Waals surface area contributed by atoms with Gasteiger partial charge in [-0.05, 0) is 48.0 Å². The molecule has 0 radical (unpaired) electrons. The lowest BCUT2D eigenvalue weighted by molar-refractivity contribution is -0.139. The lowest BCUT2D eigenvalue weighted by Gasteiger charge is -2.23. The van der Waals surface area contributed by atoms with Crippen molar-refractivity contribution < 1.29 is 18.4 Å². The summed E-state index contributed by atoms with van der Waals surface area (Å²) in [7, 11) is 0. The van der Waals surface area contributed by atoms with E-state index in [4.69, 9.17) is 25.2 Å². The van der Waals surface area contributed by atoms with Crippen molar-refractivity contribution in [2.45, 2.75) is 25.6 Å². The first-order valence-corrected chi connectivity index (χ1v) is 8.35. The number of carbonyl (C=O) groups is 1. The van der Waals surface area contributed by atoms with Crippen molar-refractivity contribution in [3.8, 4) is 5.75 Å². The van der Waals surface area contributed by atoms with E-state index in [1.54, 1.807) is 41.7 Å². The van der Waals surface area contributed by atoms with Crippen molar-refractivity contribution in [3.05, 3.63) is 77.1 Å². The van der Waals surface area contributed by atoms with Crippen LogP contribution in [-0.4, -0.2) is 16.9 Å². The van der Waals surface area contributed by atoms with Gasteiger partial charge in [0.25, 0.3) is 5.91 Å². The predicted octanol–water partition coefficient (Wildman–Crippen LogP) is 4.06. The van der Waals surface area contributed by atoms with Crippen LogP contribution in [0.5, 0.6) is 5.75 Å². The minimum Gasteiger partial charge on any atom is -0.480 e. The third-order valence-electron chi connectivity index (χ3n) is 4.14. The van der Waals surface area contributed by atoms with Crippen molar-refractivity contribution in [3.63, 3.8) is 0 Å². The molecule has 0 spiro atoms. The highest BCUT2D eigenvalue weighted by atomic mass is 35.5. The van der Waals surface area contributed by atoms with Crippen molar-refractivity contribution in [1.82, 2.24) is 4.90 Å². The predicted molar refractivity (Wildman–Crippen MR) is 91.2 cm³/mol. The number of hydrogen-bond donors (Lipinski definition) is 0. The van der Waals surface area contributed by atoms with Gasteiger partial charge in [-0.1, -0.05) is 11.6 Å². The molecule has 1 amide bonds. The van der Waals surface area contributed by atoms with Crippen LogP contribution >= 0.6 is 11.6 Å². The summed E-state index contributed by atoms with van der Waals surface area (Å²) in [5.41, 5.74) is 0.946. The maximum Gasteiger partial charge on any atom is 0.264 e. The molecule has 0 bridgehead atoms. The van der Waals surface area contributed by atoms with Gasteiger partial charge < -0.3 is 18.5 Å². The summed E-state index contributed by atoms with van der Waals surface area (Å²) >= 11 is 6.03. The van der Waals surface area contributed by atoms with E-state index in [2.05, 4.69) is 0 Å². The van der Waals surface area contributed by atoms with Crippen molar-refractivity contribution in [2.75, 3.05) is 0 Å². The molecule has 1 atom stereocenters. The number of amides is 1. The molecular weight excluding hydrogens is 342 g/mol. The summed E-state index contributed by atoms with van der Waals surface area (Å²) in [6, 6.07) is 12.7. The number of fused-ring (bicyclic) bond motifs is 1. The van der Waals surface area contributed by atoms with Gasteiger partial charge >= 0.3 is 0 Å². The summed E-state index contributed by atoms with van der Waals surface area (Å²) in [5, 5.41) is 0.637. The monoisotopic (exact) mass is 357 g/mol. The molecule has 1 aliphatic heterocycles. The second-order valence-corrected chi connectivity index (χ2v) is 6.35. The highest BCUT2D eigenvalue weighted by Crippen LogP contribution is 2.32. The first-order valence-electron chi connectivity index (χ1n) is 7.97. The Morgan fingerprint density at radius 2 is 1.76 bits per heavy atom. The Balaban J connectivity index is 1.53. The Labute approximate surface area is 149 Å². The number of carbonyl (C=O) groups excluding carboxylic acids is 1. The third kappa shape index (κ3) is 3.42. The van der Waals surface area contributed by atoms with Crippen molar-refractivity contribution >= 4 is 17.5 Å². The molecule has 0 saturated carbocycles. The molecule has 6 heteroatoms. The Kier molecular flexibility index (Phi) is 4.24. The molecule has 4 rings (SSSR count). The Bertz CT molecular complexity index is 821. The summed E-state index contributed by atoms with van der Waals surface area (Å²) < 4.78 is 16.6.